The number of ether oxygens (including phenoxy) is 2. The van der Waals surface area contributed by atoms with E-state index in [1.165, 1.54) is 5.56 Å². The fraction of sp³-hybridized carbons (Fsp3) is 0.600. The van der Waals surface area contributed by atoms with Crippen LogP contribution in [0.2, 0.25) is 0 Å². The highest BCUT2D eigenvalue weighted by atomic mass is 79.9. The monoisotopic (exact) mass is 343 g/mol. The lowest BCUT2D eigenvalue weighted by Crippen LogP contribution is -2.44. The maximum atomic E-state index is 9.13. The van der Waals surface area contributed by atoms with Crippen LogP contribution in [-0.4, -0.2) is 56.1 Å². The smallest absolute Gasteiger partial charge is 0.123 e. The first-order valence-electron chi connectivity index (χ1n) is 7.00. The van der Waals surface area contributed by atoms with Crippen LogP contribution in [0.15, 0.2) is 22.7 Å². The van der Waals surface area contributed by atoms with Crippen molar-refractivity contribution in [3.05, 3.63) is 28.2 Å². The second kappa shape index (κ2) is 7.98. The molecule has 20 heavy (non-hydrogen) atoms. The molecule has 1 unspecified atom stereocenters. The summed E-state index contributed by atoms with van der Waals surface area (Å²) in [5.41, 5.74) is 1.24. The van der Waals surface area contributed by atoms with Crippen molar-refractivity contribution in [2.24, 2.45) is 0 Å². The zero-order chi connectivity index (χ0) is 14.4. The van der Waals surface area contributed by atoms with Gasteiger partial charge in [-0.1, -0.05) is 22.0 Å². The maximum absolute atomic E-state index is 9.13. The Balaban J connectivity index is 1.81. The highest BCUT2D eigenvalue weighted by molar-refractivity contribution is 9.10. The Hall–Kier alpha value is -0.620. The van der Waals surface area contributed by atoms with E-state index >= 15 is 0 Å². The molecule has 1 aromatic carbocycles. The summed E-state index contributed by atoms with van der Waals surface area (Å²) >= 11 is 3.46. The summed E-state index contributed by atoms with van der Waals surface area (Å²) in [4.78, 5) is 2.36. The highest BCUT2D eigenvalue weighted by Gasteiger charge is 2.19. The van der Waals surface area contributed by atoms with Crippen LogP contribution in [0, 0.1) is 0 Å². The molecule has 0 radical (unpaired) electrons. The van der Waals surface area contributed by atoms with Crippen LogP contribution < -0.4 is 4.74 Å². The molecule has 1 saturated heterocycles. The minimum Gasteiger partial charge on any atom is -0.496 e. The van der Waals surface area contributed by atoms with E-state index in [1.54, 1.807) is 7.11 Å². The molecular formula is C15H22BrNO3. The quantitative estimate of drug-likeness (QED) is 0.858. The second-order valence-corrected chi connectivity index (χ2v) is 5.95. The molecule has 112 valence electrons. The fourth-order valence-corrected chi connectivity index (χ4v) is 2.85. The Labute approximate surface area is 128 Å². The number of rotatable bonds is 6. The first kappa shape index (κ1) is 15.8. The van der Waals surface area contributed by atoms with E-state index < -0.39 is 0 Å². The summed E-state index contributed by atoms with van der Waals surface area (Å²) in [6.45, 7) is 3.63. The van der Waals surface area contributed by atoms with Crippen molar-refractivity contribution in [3.63, 3.8) is 0 Å². The molecule has 0 aliphatic carbocycles. The summed E-state index contributed by atoms with van der Waals surface area (Å²) in [7, 11) is 1.71. The standard InChI is InChI=1S/C15H22BrNO3/c1-19-15-9-13(16)5-4-12(15)3-2-6-17-7-8-20-14(10-17)11-18/h4-5,9,14,18H,2-3,6-8,10-11H2,1H3. The molecule has 0 saturated carbocycles. The molecule has 1 fully saturated rings. The third kappa shape index (κ3) is 4.45. The zero-order valence-electron chi connectivity index (χ0n) is 11.8. The minimum atomic E-state index is -0.0223. The Morgan fingerprint density at radius 3 is 3.10 bits per heavy atom. The lowest BCUT2D eigenvalue weighted by molar-refractivity contribution is -0.0527. The Bertz CT molecular complexity index is 428. The average Bonchev–Trinajstić information content (AvgIpc) is 2.49. The van der Waals surface area contributed by atoms with Crippen LogP contribution >= 0.6 is 15.9 Å². The maximum Gasteiger partial charge on any atom is 0.123 e. The first-order chi connectivity index (χ1) is 9.72. The van der Waals surface area contributed by atoms with Gasteiger partial charge in [-0.25, -0.2) is 0 Å². The van der Waals surface area contributed by atoms with Crippen molar-refractivity contribution in [2.45, 2.75) is 18.9 Å². The third-order valence-corrected chi connectivity index (χ3v) is 4.09. The molecule has 4 nitrogen and oxygen atoms in total. The largest absolute Gasteiger partial charge is 0.496 e. The van der Waals surface area contributed by atoms with E-state index in [9.17, 15) is 0 Å². The van der Waals surface area contributed by atoms with Crippen molar-refractivity contribution in [2.75, 3.05) is 40.0 Å². The number of morpholine rings is 1. The molecule has 0 spiro atoms. The van der Waals surface area contributed by atoms with Crippen molar-refractivity contribution < 1.29 is 14.6 Å². The molecule has 0 bridgehead atoms. The SMILES string of the molecule is COc1cc(Br)ccc1CCCN1CCOC(CO)C1. The molecule has 1 heterocycles. The number of aliphatic hydroxyl groups is 1. The summed E-state index contributed by atoms with van der Waals surface area (Å²) < 4.78 is 11.9. The highest BCUT2D eigenvalue weighted by Crippen LogP contribution is 2.24. The molecule has 1 aliphatic rings. The van der Waals surface area contributed by atoms with Gasteiger partial charge in [-0.2, -0.15) is 0 Å². The van der Waals surface area contributed by atoms with Gasteiger partial charge in [0.25, 0.3) is 0 Å². The Morgan fingerprint density at radius 1 is 1.50 bits per heavy atom. The topological polar surface area (TPSA) is 41.9 Å². The molecule has 0 amide bonds. The van der Waals surface area contributed by atoms with Crippen molar-refractivity contribution in [1.82, 2.24) is 4.90 Å². The molecule has 1 N–H and O–H groups in total. The number of aryl methyl sites for hydroxylation is 1. The number of nitrogens with zero attached hydrogens (tertiary/aromatic N) is 1. The van der Waals surface area contributed by atoms with Crippen LogP contribution in [0.25, 0.3) is 0 Å². The summed E-state index contributed by atoms with van der Waals surface area (Å²) in [5.74, 6) is 0.939. The number of aliphatic hydroxyl groups excluding tert-OH is 1. The van der Waals surface area contributed by atoms with Gasteiger partial charge < -0.3 is 14.6 Å². The van der Waals surface area contributed by atoms with Crippen molar-refractivity contribution in [3.8, 4) is 5.75 Å². The Morgan fingerprint density at radius 2 is 2.35 bits per heavy atom. The molecule has 0 aromatic heterocycles. The molecule has 5 heteroatoms. The number of halogens is 1. The van der Waals surface area contributed by atoms with Gasteiger partial charge in [0.05, 0.1) is 26.4 Å². The third-order valence-electron chi connectivity index (χ3n) is 3.60. The van der Waals surface area contributed by atoms with E-state index in [-0.39, 0.29) is 12.7 Å². The van der Waals surface area contributed by atoms with Gasteiger partial charge in [-0.15, -0.1) is 0 Å². The molecule has 1 atom stereocenters. The first-order valence-corrected chi connectivity index (χ1v) is 7.79. The fourth-order valence-electron chi connectivity index (χ4n) is 2.51. The molecule has 2 rings (SSSR count). The number of hydrogen-bond acceptors (Lipinski definition) is 4. The van der Waals surface area contributed by atoms with Crippen LogP contribution in [-0.2, 0) is 11.2 Å². The van der Waals surface area contributed by atoms with Gasteiger partial charge in [0.1, 0.15) is 5.75 Å². The van der Waals surface area contributed by atoms with E-state index in [0.717, 1.165) is 42.7 Å². The summed E-state index contributed by atoms with van der Waals surface area (Å²) in [6, 6.07) is 6.17. The molecule has 1 aliphatic heterocycles. The van der Waals surface area contributed by atoms with Crippen LogP contribution in [0.1, 0.15) is 12.0 Å². The van der Waals surface area contributed by atoms with Crippen LogP contribution in [0.4, 0.5) is 0 Å². The van der Waals surface area contributed by atoms with Crippen molar-refractivity contribution >= 4 is 15.9 Å². The summed E-state index contributed by atoms with van der Waals surface area (Å²) in [5, 5.41) is 9.13. The number of methoxy groups -OCH3 is 1. The molecule has 1 aromatic rings. The lowest BCUT2D eigenvalue weighted by Gasteiger charge is -2.31. The van der Waals surface area contributed by atoms with Gasteiger partial charge in [0, 0.05) is 17.6 Å². The van der Waals surface area contributed by atoms with E-state index in [0.29, 0.717) is 6.61 Å². The minimum absolute atomic E-state index is 0.0223. The van der Waals surface area contributed by atoms with Gasteiger partial charge in [-0.05, 0) is 37.1 Å². The number of benzene rings is 1. The van der Waals surface area contributed by atoms with Crippen molar-refractivity contribution in [1.29, 1.82) is 0 Å². The van der Waals surface area contributed by atoms with Crippen LogP contribution in [0.3, 0.4) is 0 Å². The summed E-state index contributed by atoms with van der Waals surface area (Å²) in [6.07, 6.45) is 2.05. The lowest BCUT2D eigenvalue weighted by atomic mass is 10.1. The van der Waals surface area contributed by atoms with Gasteiger partial charge >= 0.3 is 0 Å². The number of hydrogen-bond donors (Lipinski definition) is 1. The van der Waals surface area contributed by atoms with E-state index in [2.05, 4.69) is 26.9 Å². The average molecular weight is 344 g/mol. The van der Waals surface area contributed by atoms with E-state index in [4.69, 9.17) is 14.6 Å². The predicted molar refractivity (Wildman–Crippen MR) is 82.3 cm³/mol. The second-order valence-electron chi connectivity index (χ2n) is 5.04. The zero-order valence-corrected chi connectivity index (χ0v) is 13.4. The van der Waals surface area contributed by atoms with Gasteiger partial charge in [-0.3, -0.25) is 4.90 Å². The van der Waals surface area contributed by atoms with Gasteiger partial charge in [0.15, 0.2) is 0 Å². The molecular weight excluding hydrogens is 322 g/mol. The van der Waals surface area contributed by atoms with E-state index in [1.807, 2.05) is 12.1 Å². The van der Waals surface area contributed by atoms with Crippen LogP contribution in [0.5, 0.6) is 5.75 Å². The normalized spacial score (nSPS) is 20.1. The van der Waals surface area contributed by atoms with Gasteiger partial charge in [0.2, 0.25) is 0 Å². The Kier molecular flexibility index (Phi) is 6.29. The predicted octanol–water partition coefficient (Wildman–Crippen LogP) is 2.08.